The SMILES string of the molecule is CCN(Cc1cnc(Cl)s1)C1CCNCC1. The van der Waals surface area contributed by atoms with Gasteiger partial charge in [0, 0.05) is 23.7 Å². The topological polar surface area (TPSA) is 28.2 Å². The molecule has 1 aromatic heterocycles. The van der Waals surface area contributed by atoms with E-state index >= 15 is 0 Å². The Morgan fingerprint density at radius 2 is 2.31 bits per heavy atom. The number of aromatic nitrogens is 1. The Morgan fingerprint density at radius 3 is 2.88 bits per heavy atom. The van der Waals surface area contributed by atoms with Crippen molar-refractivity contribution in [1.82, 2.24) is 15.2 Å². The summed E-state index contributed by atoms with van der Waals surface area (Å²) in [4.78, 5) is 7.90. The van der Waals surface area contributed by atoms with Crippen molar-refractivity contribution in [3.63, 3.8) is 0 Å². The second-order valence-corrected chi connectivity index (χ2v) is 5.82. The van der Waals surface area contributed by atoms with Gasteiger partial charge in [-0.2, -0.15) is 0 Å². The first kappa shape index (κ1) is 12.3. The maximum atomic E-state index is 5.85. The van der Waals surface area contributed by atoms with Crippen molar-refractivity contribution in [3.05, 3.63) is 15.5 Å². The van der Waals surface area contributed by atoms with Gasteiger partial charge in [-0.15, -0.1) is 11.3 Å². The molecule has 1 N–H and O–H groups in total. The van der Waals surface area contributed by atoms with Crippen LogP contribution in [0.15, 0.2) is 6.20 Å². The summed E-state index contributed by atoms with van der Waals surface area (Å²) >= 11 is 7.44. The lowest BCUT2D eigenvalue weighted by molar-refractivity contribution is 0.163. The Kier molecular flexibility index (Phi) is 4.58. The van der Waals surface area contributed by atoms with Crippen LogP contribution in [0.1, 0.15) is 24.6 Å². The van der Waals surface area contributed by atoms with Gasteiger partial charge >= 0.3 is 0 Å². The van der Waals surface area contributed by atoms with Gasteiger partial charge in [-0.05, 0) is 32.5 Å². The molecule has 3 nitrogen and oxygen atoms in total. The summed E-state index contributed by atoms with van der Waals surface area (Å²) in [5.41, 5.74) is 0. The third-order valence-electron chi connectivity index (χ3n) is 3.12. The molecular formula is C11H18ClN3S. The molecule has 0 saturated carbocycles. The van der Waals surface area contributed by atoms with Gasteiger partial charge in [0.25, 0.3) is 0 Å². The molecule has 0 unspecified atom stereocenters. The van der Waals surface area contributed by atoms with E-state index in [4.69, 9.17) is 11.6 Å². The van der Waals surface area contributed by atoms with Crippen LogP contribution in [0.25, 0.3) is 0 Å². The molecule has 0 aromatic carbocycles. The smallest absolute Gasteiger partial charge is 0.183 e. The minimum absolute atomic E-state index is 0.649. The average molecular weight is 260 g/mol. The number of rotatable bonds is 4. The van der Waals surface area contributed by atoms with Gasteiger partial charge in [-0.25, -0.2) is 4.98 Å². The molecule has 5 heteroatoms. The summed E-state index contributed by atoms with van der Waals surface area (Å²) in [6.45, 7) is 6.60. The zero-order chi connectivity index (χ0) is 11.4. The van der Waals surface area contributed by atoms with Gasteiger partial charge in [-0.1, -0.05) is 18.5 Å². The van der Waals surface area contributed by atoms with Crippen molar-refractivity contribution in [2.75, 3.05) is 19.6 Å². The highest BCUT2D eigenvalue weighted by Crippen LogP contribution is 2.21. The number of nitrogens with zero attached hydrogens (tertiary/aromatic N) is 2. The molecule has 0 aliphatic carbocycles. The summed E-state index contributed by atoms with van der Waals surface area (Å²) in [5, 5.41) is 3.40. The van der Waals surface area contributed by atoms with E-state index in [-0.39, 0.29) is 0 Å². The maximum Gasteiger partial charge on any atom is 0.183 e. The van der Waals surface area contributed by atoms with E-state index < -0.39 is 0 Å². The summed E-state index contributed by atoms with van der Waals surface area (Å²) in [7, 11) is 0. The van der Waals surface area contributed by atoms with Crippen molar-refractivity contribution in [2.45, 2.75) is 32.4 Å². The third-order valence-corrected chi connectivity index (χ3v) is 4.22. The first-order valence-electron chi connectivity index (χ1n) is 5.84. The first-order chi connectivity index (χ1) is 7.79. The first-order valence-corrected chi connectivity index (χ1v) is 7.04. The quantitative estimate of drug-likeness (QED) is 0.900. The molecule has 0 bridgehead atoms. The van der Waals surface area contributed by atoms with Crippen molar-refractivity contribution in [3.8, 4) is 0 Å². The number of nitrogens with one attached hydrogen (secondary N) is 1. The lowest BCUT2D eigenvalue weighted by Crippen LogP contribution is -2.42. The molecule has 1 aliphatic rings. The number of piperidine rings is 1. The van der Waals surface area contributed by atoms with Crippen LogP contribution in [-0.2, 0) is 6.54 Å². The Bertz CT molecular complexity index is 323. The Labute approximate surface area is 106 Å². The van der Waals surface area contributed by atoms with Gasteiger partial charge < -0.3 is 5.32 Å². The number of halogens is 1. The van der Waals surface area contributed by atoms with E-state index in [2.05, 4.69) is 22.1 Å². The molecule has 1 saturated heterocycles. The van der Waals surface area contributed by atoms with Gasteiger partial charge in [0.15, 0.2) is 4.47 Å². The van der Waals surface area contributed by atoms with Gasteiger partial charge in [0.2, 0.25) is 0 Å². The van der Waals surface area contributed by atoms with E-state index in [1.807, 2.05) is 6.20 Å². The van der Waals surface area contributed by atoms with E-state index in [1.165, 1.54) is 17.7 Å². The normalized spacial score (nSPS) is 18.2. The van der Waals surface area contributed by atoms with Gasteiger partial charge in [0.1, 0.15) is 0 Å². The molecule has 0 radical (unpaired) electrons. The van der Waals surface area contributed by atoms with Crippen LogP contribution < -0.4 is 5.32 Å². The van der Waals surface area contributed by atoms with Crippen LogP contribution in [0.4, 0.5) is 0 Å². The molecule has 2 heterocycles. The monoisotopic (exact) mass is 259 g/mol. The molecular weight excluding hydrogens is 242 g/mol. The second kappa shape index (κ2) is 5.96. The summed E-state index contributed by atoms with van der Waals surface area (Å²) in [6, 6.07) is 0.715. The minimum Gasteiger partial charge on any atom is -0.317 e. The standard InChI is InChI=1S/C11H18ClN3S/c1-2-15(9-3-5-13-6-4-9)8-10-7-14-11(12)16-10/h7,9,13H,2-6,8H2,1H3. The molecule has 90 valence electrons. The maximum absolute atomic E-state index is 5.85. The fraction of sp³-hybridized carbons (Fsp3) is 0.727. The van der Waals surface area contributed by atoms with Crippen molar-refractivity contribution in [1.29, 1.82) is 0 Å². The van der Waals surface area contributed by atoms with E-state index in [1.54, 1.807) is 11.3 Å². The molecule has 0 amide bonds. The second-order valence-electron chi connectivity index (χ2n) is 4.12. The predicted octanol–water partition coefficient (Wildman–Crippen LogP) is 2.37. The van der Waals surface area contributed by atoms with Gasteiger partial charge in [0.05, 0.1) is 0 Å². The van der Waals surface area contributed by atoms with Crippen molar-refractivity contribution in [2.24, 2.45) is 0 Å². The molecule has 16 heavy (non-hydrogen) atoms. The van der Waals surface area contributed by atoms with E-state index in [0.717, 1.165) is 26.2 Å². The highest BCUT2D eigenvalue weighted by molar-refractivity contribution is 7.15. The molecule has 1 aromatic rings. The zero-order valence-electron chi connectivity index (χ0n) is 9.58. The fourth-order valence-electron chi connectivity index (χ4n) is 2.23. The Balaban J connectivity index is 1.94. The van der Waals surface area contributed by atoms with Crippen molar-refractivity contribution >= 4 is 22.9 Å². The van der Waals surface area contributed by atoms with Crippen LogP contribution in [0.2, 0.25) is 4.47 Å². The van der Waals surface area contributed by atoms with Crippen LogP contribution in [0.3, 0.4) is 0 Å². The largest absolute Gasteiger partial charge is 0.317 e. The minimum atomic E-state index is 0.649. The van der Waals surface area contributed by atoms with Gasteiger partial charge in [-0.3, -0.25) is 4.90 Å². The third kappa shape index (κ3) is 3.17. The summed E-state index contributed by atoms with van der Waals surface area (Å²) in [5.74, 6) is 0. The summed E-state index contributed by atoms with van der Waals surface area (Å²) in [6.07, 6.45) is 4.40. The Morgan fingerprint density at radius 1 is 1.56 bits per heavy atom. The fourth-order valence-corrected chi connectivity index (χ4v) is 3.23. The lowest BCUT2D eigenvalue weighted by Gasteiger charge is -2.33. The number of hydrogen-bond donors (Lipinski definition) is 1. The predicted molar refractivity (Wildman–Crippen MR) is 69.1 cm³/mol. The van der Waals surface area contributed by atoms with E-state index in [0.29, 0.717) is 10.5 Å². The van der Waals surface area contributed by atoms with Crippen LogP contribution >= 0.6 is 22.9 Å². The van der Waals surface area contributed by atoms with Crippen molar-refractivity contribution < 1.29 is 0 Å². The molecule has 1 fully saturated rings. The summed E-state index contributed by atoms with van der Waals surface area (Å²) < 4.78 is 0.649. The van der Waals surface area contributed by atoms with E-state index in [9.17, 15) is 0 Å². The number of thiazole rings is 1. The lowest BCUT2D eigenvalue weighted by atomic mass is 10.0. The Hall–Kier alpha value is -0.160. The van der Waals surface area contributed by atoms with Crippen LogP contribution in [-0.4, -0.2) is 35.6 Å². The molecule has 0 spiro atoms. The molecule has 1 aliphatic heterocycles. The average Bonchev–Trinajstić information content (AvgIpc) is 2.73. The zero-order valence-corrected chi connectivity index (χ0v) is 11.2. The highest BCUT2D eigenvalue weighted by atomic mass is 35.5. The van der Waals surface area contributed by atoms with Crippen LogP contribution in [0.5, 0.6) is 0 Å². The molecule has 2 rings (SSSR count). The number of hydrogen-bond acceptors (Lipinski definition) is 4. The molecule has 0 atom stereocenters. The van der Waals surface area contributed by atoms with Crippen LogP contribution in [0, 0.1) is 0 Å². The highest BCUT2D eigenvalue weighted by Gasteiger charge is 2.20.